The Morgan fingerprint density at radius 1 is 1.41 bits per heavy atom. The van der Waals surface area contributed by atoms with Crippen molar-refractivity contribution in [1.29, 1.82) is 0 Å². The standard InChI is InChI=1S/C13H16BrNO2/c1-9-6-7-10(8-12(9)14)13(16)15-17-11-4-2-3-5-11/h6-8,11H,2-5H2,1H3,(H,15,16). The lowest BCUT2D eigenvalue weighted by molar-refractivity contribution is -0.0124. The molecule has 1 aliphatic rings. The van der Waals surface area contributed by atoms with Crippen molar-refractivity contribution in [2.24, 2.45) is 0 Å². The van der Waals surface area contributed by atoms with Gasteiger partial charge in [-0.3, -0.25) is 9.63 Å². The largest absolute Gasteiger partial charge is 0.274 e. The molecule has 0 radical (unpaired) electrons. The lowest BCUT2D eigenvalue weighted by Gasteiger charge is -2.11. The molecule has 0 heterocycles. The summed E-state index contributed by atoms with van der Waals surface area (Å²) in [6.07, 6.45) is 4.65. The van der Waals surface area contributed by atoms with Crippen LogP contribution in [0.5, 0.6) is 0 Å². The van der Waals surface area contributed by atoms with E-state index in [1.165, 1.54) is 12.8 Å². The molecule has 1 fully saturated rings. The van der Waals surface area contributed by atoms with Crippen LogP contribution in [0, 0.1) is 6.92 Å². The Kier molecular flexibility index (Phi) is 4.18. The van der Waals surface area contributed by atoms with Crippen molar-refractivity contribution in [1.82, 2.24) is 5.48 Å². The Labute approximate surface area is 110 Å². The first-order chi connectivity index (χ1) is 8.16. The molecule has 0 aliphatic heterocycles. The predicted molar refractivity (Wildman–Crippen MR) is 69.7 cm³/mol. The Bertz CT molecular complexity index is 414. The van der Waals surface area contributed by atoms with E-state index in [0.717, 1.165) is 22.9 Å². The third-order valence-corrected chi connectivity index (χ3v) is 3.91. The lowest BCUT2D eigenvalue weighted by Crippen LogP contribution is -2.28. The zero-order valence-corrected chi connectivity index (χ0v) is 11.4. The average Bonchev–Trinajstić information content (AvgIpc) is 2.82. The van der Waals surface area contributed by atoms with E-state index in [1.807, 2.05) is 19.1 Å². The topological polar surface area (TPSA) is 38.3 Å². The number of hydroxylamine groups is 1. The van der Waals surface area contributed by atoms with Crippen LogP contribution in [0.1, 0.15) is 41.6 Å². The normalized spacial score (nSPS) is 16.1. The van der Waals surface area contributed by atoms with Crippen LogP contribution in [0.3, 0.4) is 0 Å². The monoisotopic (exact) mass is 297 g/mol. The van der Waals surface area contributed by atoms with Crippen LogP contribution in [-0.4, -0.2) is 12.0 Å². The van der Waals surface area contributed by atoms with Gasteiger partial charge in [-0.25, -0.2) is 5.48 Å². The maximum absolute atomic E-state index is 11.8. The van der Waals surface area contributed by atoms with Gasteiger partial charge in [0, 0.05) is 10.0 Å². The maximum Gasteiger partial charge on any atom is 0.274 e. The highest BCUT2D eigenvalue weighted by molar-refractivity contribution is 9.10. The summed E-state index contributed by atoms with van der Waals surface area (Å²) in [5.41, 5.74) is 4.25. The molecule has 0 aromatic heterocycles. The van der Waals surface area contributed by atoms with E-state index in [4.69, 9.17) is 4.84 Å². The number of hydrogen-bond acceptors (Lipinski definition) is 2. The molecule has 0 atom stereocenters. The van der Waals surface area contributed by atoms with Crippen molar-refractivity contribution in [2.45, 2.75) is 38.7 Å². The summed E-state index contributed by atoms with van der Waals surface area (Å²) in [5.74, 6) is -0.183. The van der Waals surface area contributed by atoms with Crippen LogP contribution in [0.4, 0.5) is 0 Å². The van der Waals surface area contributed by atoms with Crippen LogP contribution in [0.25, 0.3) is 0 Å². The summed E-state index contributed by atoms with van der Waals surface area (Å²) in [6.45, 7) is 1.99. The highest BCUT2D eigenvalue weighted by Crippen LogP contribution is 2.20. The van der Waals surface area contributed by atoms with Gasteiger partial charge >= 0.3 is 0 Å². The molecule has 1 amide bonds. The van der Waals surface area contributed by atoms with Crippen LogP contribution in [0.2, 0.25) is 0 Å². The van der Waals surface area contributed by atoms with Gasteiger partial charge in [-0.05, 0) is 37.5 Å². The van der Waals surface area contributed by atoms with Gasteiger partial charge in [0.05, 0.1) is 6.10 Å². The van der Waals surface area contributed by atoms with E-state index < -0.39 is 0 Å². The molecule has 2 rings (SSSR count). The van der Waals surface area contributed by atoms with Crippen molar-refractivity contribution < 1.29 is 9.63 Å². The van der Waals surface area contributed by atoms with E-state index in [9.17, 15) is 4.79 Å². The number of amides is 1. The van der Waals surface area contributed by atoms with E-state index in [0.29, 0.717) is 5.56 Å². The fourth-order valence-corrected chi connectivity index (χ4v) is 2.31. The van der Waals surface area contributed by atoms with Crippen molar-refractivity contribution in [3.63, 3.8) is 0 Å². The summed E-state index contributed by atoms with van der Waals surface area (Å²) < 4.78 is 0.936. The average molecular weight is 298 g/mol. The molecule has 3 nitrogen and oxygen atoms in total. The van der Waals surface area contributed by atoms with Gasteiger partial charge in [-0.15, -0.1) is 0 Å². The van der Waals surface area contributed by atoms with Gasteiger partial charge < -0.3 is 0 Å². The predicted octanol–water partition coefficient (Wildman–Crippen LogP) is 3.36. The molecule has 1 saturated carbocycles. The van der Waals surface area contributed by atoms with Crippen molar-refractivity contribution >= 4 is 21.8 Å². The number of carbonyl (C=O) groups is 1. The molecule has 0 unspecified atom stereocenters. The van der Waals surface area contributed by atoms with E-state index >= 15 is 0 Å². The zero-order valence-electron chi connectivity index (χ0n) is 9.83. The molecular formula is C13H16BrNO2. The van der Waals surface area contributed by atoms with E-state index in [-0.39, 0.29) is 12.0 Å². The molecule has 1 aromatic rings. The van der Waals surface area contributed by atoms with Crippen molar-refractivity contribution in [3.05, 3.63) is 33.8 Å². The van der Waals surface area contributed by atoms with Gasteiger partial charge in [0.1, 0.15) is 0 Å². The van der Waals surface area contributed by atoms with Gasteiger partial charge in [0.15, 0.2) is 0 Å². The second-order valence-electron chi connectivity index (χ2n) is 4.42. The molecule has 1 N–H and O–H groups in total. The summed E-state index contributed by atoms with van der Waals surface area (Å²) in [7, 11) is 0. The minimum Gasteiger partial charge on any atom is -0.270 e. The first-order valence-corrected chi connectivity index (χ1v) is 6.68. The zero-order chi connectivity index (χ0) is 12.3. The van der Waals surface area contributed by atoms with Gasteiger partial charge in [-0.2, -0.15) is 0 Å². The van der Waals surface area contributed by atoms with Gasteiger partial charge in [0.25, 0.3) is 5.91 Å². The summed E-state index contributed by atoms with van der Waals surface area (Å²) in [5, 5.41) is 0. The SMILES string of the molecule is Cc1ccc(C(=O)NOC2CCCC2)cc1Br. The minimum atomic E-state index is -0.183. The first kappa shape index (κ1) is 12.6. The number of halogens is 1. The molecule has 1 aliphatic carbocycles. The number of carbonyl (C=O) groups excluding carboxylic acids is 1. The molecule has 1 aromatic carbocycles. The number of nitrogens with one attached hydrogen (secondary N) is 1. The van der Waals surface area contributed by atoms with Gasteiger partial charge in [-0.1, -0.05) is 34.8 Å². The first-order valence-electron chi connectivity index (χ1n) is 5.89. The Balaban J connectivity index is 1.92. The fourth-order valence-electron chi connectivity index (χ4n) is 1.94. The van der Waals surface area contributed by atoms with Crippen molar-refractivity contribution in [2.75, 3.05) is 0 Å². The molecule has 17 heavy (non-hydrogen) atoms. The molecule has 4 heteroatoms. The summed E-state index contributed by atoms with van der Waals surface area (Å²) in [6, 6.07) is 5.52. The molecule has 0 bridgehead atoms. The Morgan fingerprint density at radius 2 is 2.12 bits per heavy atom. The number of rotatable bonds is 3. The molecular weight excluding hydrogens is 282 g/mol. The fraction of sp³-hybridized carbons (Fsp3) is 0.462. The third-order valence-electron chi connectivity index (χ3n) is 3.05. The molecule has 0 spiro atoms. The number of hydrogen-bond donors (Lipinski definition) is 1. The summed E-state index contributed by atoms with van der Waals surface area (Å²) in [4.78, 5) is 17.2. The van der Waals surface area contributed by atoms with Crippen LogP contribution >= 0.6 is 15.9 Å². The third kappa shape index (κ3) is 3.30. The lowest BCUT2D eigenvalue weighted by atomic mass is 10.1. The summed E-state index contributed by atoms with van der Waals surface area (Å²) >= 11 is 3.41. The second kappa shape index (κ2) is 5.65. The van der Waals surface area contributed by atoms with E-state index in [2.05, 4.69) is 21.4 Å². The minimum absolute atomic E-state index is 0.183. The quantitative estimate of drug-likeness (QED) is 0.869. The Morgan fingerprint density at radius 3 is 2.76 bits per heavy atom. The smallest absolute Gasteiger partial charge is 0.270 e. The molecule has 92 valence electrons. The maximum atomic E-state index is 11.8. The van der Waals surface area contributed by atoms with Crippen LogP contribution < -0.4 is 5.48 Å². The second-order valence-corrected chi connectivity index (χ2v) is 5.27. The Hall–Kier alpha value is -0.870. The van der Waals surface area contributed by atoms with Crippen LogP contribution in [0.15, 0.2) is 22.7 Å². The molecule has 0 saturated heterocycles. The number of aryl methyl sites for hydroxylation is 1. The highest BCUT2D eigenvalue weighted by Gasteiger charge is 2.17. The number of benzene rings is 1. The highest BCUT2D eigenvalue weighted by atomic mass is 79.9. The van der Waals surface area contributed by atoms with Crippen LogP contribution in [-0.2, 0) is 4.84 Å². The van der Waals surface area contributed by atoms with E-state index in [1.54, 1.807) is 6.07 Å². The van der Waals surface area contributed by atoms with Crippen molar-refractivity contribution in [3.8, 4) is 0 Å². The van der Waals surface area contributed by atoms with Gasteiger partial charge in [0.2, 0.25) is 0 Å².